The summed E-state index contributed by atoms with van der Waals surface area (Å²) in [4.78, 5) is 0. The van der Waals surface area contributed by atoms with E-state index in [9.17, 15) is 4.39 Å². The van der Waals surface area contributed by atoms with Crippen molar-refractivity contribution in [3.05, 3.63) is 52.6 Å². The van der Waals surface area contributed by atoms with Crippen LogP contribution < -0.4 is 5.73 Å². The maximum atomic E-state index is 13.2. The Hall–Kier alpha value is -1.39. The van der Waals surface area contributed by atoms with Crippen LogP contribution in [-0.2, 0) is 0 Å². The third-order valence-corrected chi connectivity index (χ3v) is 2.49. The Kier molecular flexibility index (Phi) is 2.70. The van der Waals surface area contributed by atoms with Gasteiger partial charge in [-0.1, -0.05) is 17.7 Å². The highest BCUT2D eigenvalue weighted by Gasteiger charge is 2.11. The van der Waals surface area contributed by atoms with Crippen molar-refractivity contribution in [3.63, 3.8) is 0 Å². The maximum absolute atomic E-state index is 13.2. The molecule has 1 unspecified atom stereocenters. The smallest absolute Gasteiger partial charge is 0.142 e. The number of hydrogen-bond acceptors (Lipinski definition) is 2. The molecule has 0 fully saturated rings. The molecule has 1 atom stereocenters. The van der Waals surface area contributed by atoms with Crippen molar-refractivity contribution >= 4 is 11.6 Å². The van der Waals surface area contributed by atoms with Crippen LogP contribution in [0, 0.1) is 5.82 Å². The van der Waals surface area contributed by atoms with Gasteiger partial charge in [-0.2, -0.15) is 5.10 Å². The normalized spacial score (nSPS) is 12.7. The fourth-order valence-corrected chi connectivity index (χ4v) is 1.45. The zero-order valence-electron chi connectivity index (χ0n) is 7.74. The summed E-state index contributed by atoms with van der Waals surface area (Å²) < 4.78 is 13.2. The van der Waals surface area contributed by atoms with Crippen LogP contribution in [0.25, 0.3) is 0 Å². The van der Waals surface area contributed by atoms with Crippen LogP contribution in [0.2, 0.25) is 5.02 Å². The zero-order valence-corrected chi connectivity index (χ0v) is 8.50. The maximum Gasteiger partial charge on any atom is 0.142 e. The molecule has 0 spiro atoms. The van der Waals surface area contributed by atoms with Crippen molar-refractivity contribution in [2.45, 2.75) is 6.04 Å². The van der Waals surface area contributed by atoms with Gasteiger partial charge in [0.25, 0.3) is 0 Å². The summed E-state index contributed by atoms with van der Waals surface area (Å²) in [5.74, 6) is -0.465. The summed E-state index contributed by atoms with van der Waals surface area (Å²) in [7, 11) is 0. The van der Waals surface area contributed by atoms with Crippen molar-refractivity contribution in [1.82, 2.24) is 10.2 Å². The Labute approximate surface area is 91.1 Å². The van der Waals surface area contributed by atoms with E-state index >= 15 is 0 Å². The van der Waals surface area contributed by atoms with Crippen molar-refractivity contribution < 1.29 is 4.39 Å². The Morgan fingerprint density at radius 1 is 1.40 bits per heavy atom. The fourth-order valence-electron chi connectivity index (χ4n) is 1.33. The molecule has 5 heteroatoms. The van der Waals surface area contributed by atoms with Crippen molar-refractivity contribution in [2.24, 2.45) is 5.73 Å². The first-order valence-electron chi connectivity index (χ1n) is 4.37. The van der Waals surface area contributed by atoms with Crippen molar-refractivity contribution in [3.8, 4) is 0 Å². The summed E-state index contributed by atoms with van der Waals surface area (Å²) in [6, 6.07) is 4.13. The molecule has 15 heavy (non-hydrogen) atoms. The van der Waals surface area contributed by atoms with E-state index in [0.717, 1.165) is 5.56 Å². The molecular formula is C10H9ClFN3. The van der Waals surface area contributed by atoms with Gasteiger partial charge in [0, 0.05) is 11.8 Å². The Morgan fingerprint density at radius 3 is 2.80 bits per heavy atom. The molecule has 0 aliphatic rings. The number of nitrogens with one attached hydrogen (secondary N) is 1. The number of rotatable bonds is 2. The van der Waals surface area contributed by atoms with Crippen LogP contribution in [0.5, 0.6) is 0 Å². The van der Waals surface area contributed by atoms with Crippen molar-refractivity contribution in [1.29, 1.82) is 0 Å². The standard InChI is InChI=1S/C10H9ClFN3/c11-8-2-1-6(3-9(8)12)10(13)7-4-14-15-5-7/h1-5,10H,13H2,(H,14,15). The number of nitrogens with zero attached hydrogens (tertiary/aromatic N) is 1. The molecule has 0 saturated carbocycles. The highest BCUT2D eigenvalue weighted by atomic mass is 35.5. The zero-order chi connectivity index (χ0) is 10.8. The number of H-pyrrole nitrogens is 1. The summed E-state index contributed by atoms with van der Waals surface area (Å²) in [5.41, 5.74) is 7.38. The predicted molar refractivity (Wildman–Crippen MR) is 56.0 cm³/mol. The summed E-state index contributed by atoms with van der Waals surface area (Å²) in [6.45, 7) is 0. The molecule has 3 nitrogen and oxygen atoms in total. The molecule has 2 aromatic rings. The van der Waals surface area contributed by atoms with E-state index in [1.807, 2.05) is 0 Å². The van der Waals surface area contributed by atoms with Crippen LogP contribution in [-0.4, -0.2) is 10.2 Å². The van der Waals surface area contributed by atoms with Gasteiger partial charge in [0.1, 0.15) is 5.82 Å². The lowest BCUT2D eigenvalue weighted by molar-refractivity contribution is 0.624. The van der Waals surface area contributed by atoms with Crippen LogP contribution in [0.3, 0.4) is 0 Å². The molecule has 2 rings (SSSR count). The van der Waals surface area contributed by atoms with Crippen LogP contribution >= 0.6 is 11.6 Å². The second kappa shape index (κ2) is 4.00. The summed E-state index contributed by atoms with van der Waals surface area (Å²) in [6.07, 6.45) is 3.29. The largest absolute Gasteiger partial charge is 0.320 e. The van der Waals surface area contributed by atoms with Crippen molar-refractivity contribution in [2.75, 3.05) is 0 Å². The lowest BCUT2D eigenvalue weighted by Gasteiger charge is -2.09. The molecule has 0 aliphatic heterocycles. The Bertz CT molecular complexity index is 456. The first-order chi connectivity index (χ1) is 7.18. The van der Waals surface area contributed by atoms with E-state index < -0.39 is 11.9 Å². The second-order valence-electron chi connectivity index (χ2n) is 3.18. The van der Waals surface area contributed by atoms with Gasteiger partial charge < -0.3 is 5.73 Å². The summed E-state index contributed by atoms with van der Waals surface area (Å²) >= 11 is 5.58. The predicted octanol–water partition coefficient (Wildman–Crippen LogP) is 2.25. The molecule has 0 aliphatic carbocycles. The van der Waals surface area contributed by atoms with E-state index in [0.29, 0.717) is 5.56 Å². The molecule has 1 aromatic heterocycles. The molecule has 0 bridgehead atoms. The molecule has 0 amide bonds. The Morgan fingerprint density at radius 2 is 2.20 bits per heavy atom. The highest BCUT2D eigenvalue weighted by Crippen LogP contribution is 2.22. The first kappa shape index (κ1) is 10.1. The van der Waals surface area contributed by atoms with E-state index in [-0.39, 0.29) is 5.02 Å². The number of benzene rings is 1. The number of hydrogen-bond donors (Lipinski definition) is 2. The van der Waals surface area contributed by atoms with Gasteiger partial charge in [-0.3, -0.25) is 5.10 Å². The topological polar surface area (TPSA) is 54.7 Å². The lowest BCUT2D eigenvalue weighted by Crippen LogP contribution is -2.11. The minimum absolute atomic E-state index is 0.0955. The molecule has 0 radical (unpaired) electrons. The number of nitrogens with two attached hydrogens (primary N) is 1. The minimum Gasteiger partial charge on any atom is -0.320 e. The minimum atomic E-state index is -0.465. The third-order valence-electron chi connectivity index (χ3n) is 2.18. The Balaban J connectivity index is 2.34. The highest BCUT2D eigenvalue weighted by molar-refractivity contribution is 6.30. The van der Waals surface area contributed by atoms with Gasteiger partial charge in [-0.05, 0) is 17.7 Å². The lowest BCUT2D eigenvalue weighted by atomic mass is 10.0. The van der Waals surface area contributed by atoms with Gasteiger partial charge in [-0.15, -0.1) is 0 Å². The average molecular weight is 226 g/mol. The monoisotopic (exact) mass is 225 g/mol. The van der Waals surface area contributed by atoms with Gasteiger partial charge in [0.05, 0.1) is 17.3 Å². The molecule has 1 heterocycles. The summed E-state index contributed by atoms with van der Waals surface area (Å²) in [5, 5.41) is 6.54. The SMILES string of the molecule is NC(c1cn[nH]c1)c1ccc(Cl)c(F)c1. The fraction of sp³-hybridized carbons (Fsp3) is 0.100. The third kappa shape index (κ3) is 2.00. The van der Waals surface area contributed by atoms with Crippen LogP contribution in [0.1, 0.15) is 17.2 Å². The molecule has 0 saturated heterocycles. The average Bonchev–Trinajstić information content (AvgIpc) is 2.74. The van der Waals surface area contributed by atoms with Gasteiger partial charge in [0.2, 0.25) is 0 Å². The molecular weight excluding hydrogens is 217 g/mol. The molecule has 3 N–H and O–H groups in total. The number of aromatic amines is 1. The van der Waals surface area contributed by atoms with Gasteiger partial charge in [0.15, 0.2) is 0 Å². The van der Waals surface area contributed by atoms with E-state index in [2.05, 4.69) is 10.2 Å². The van der Waals surface area contributed by atoms with E-state index in [1.54, 1.807) is 18.5 Å². The van der Waals surface area contributed by atoms with Crippen LogP contribution in [0.15, 0.2) is 30.6 Å². The number of aromatic nitrogens is 2. The van der Waals surface area contributed by atoms with E-state index in [1.165, 1.54) is 12.1 Å². The van der Waals surface area contributed by atoms with E-state index in [4.69, 9.17) is 17.3 Å². The molecule has 1 aromatic carbocycles. The second-order valence-corrected chi connectivity index (χ2v) is 3.59. The quantitative estimate of drug-likeness (QED) is 0.824. The molecule has 78 valence electrons. The van der Waals surface area contributed by atoms with Gasteiger partial charge in [-0.25, -0.2) is 4.39 Å². The first-order valence-corrected chi connectivity index (χ1v) is 4.75. The van der Waals surface area contributed by atoms with Gasteiger partial charge >= 0.3 is 0 Å². The number of halogens is 2. The van der Waals surface area contributed by atoms with Crippen LogP contribution in [0.4, 0.5) is 4.39 Å².